The number of carbonyl (C=O) groups excluding carboxylic acids is 2. The van der Waals surface area contributed by atoms with Gasteiger partial charge in [0.25, 0.3) is 10.9 Å². The molecule has 0 heterocycles. The van der Waals surface area contributed by atoms with E-state index in [-0.39, 0.29) is 23.0 Å². The number of nitro benzene ring substituents is 1. The van der Waals surface area contributed by atoms with Crippen LogP contribution in [0.2, 0.25) is 0 Å². The summed E-state index contributed by atoms with van der Waals surface area (Å²) in [6, 6.07) is 3.36. The van der Waals surface area contributed by atoms with Crippen LogP contribution in [0.5, 0.6) is 0 Å². The lowest BCUT2D eigenvalue weighted by atomic mass is 10.0. The smallest absolute Gasteiger partial charge is 0.271 e. The van der Waals surface area contributed by atoms with Gasteiger partial charge in [-0.15, -0.1) is 0 Å². The zero-order valence-electron chi connectivity index (χ0n) is 7.64. The largest absolute Gasteiger partial charge is 0.298 e. The molecule has 0 bridgehead atoms. The van der Waals surface area contributed by atoms with Crippen molar-refractivity contribution in [2.75, 3.05) is 0 Å². The Bertz CT molecular complexity index is 533. The molecule has 0 spiro atoms. The van der Waals surface area contributed by atoms with Crippen LogP contribution < -0.4 is 0 Å². The maximum Gasteiger partial charge on any atom is 0.271 e. The minimum Gasteiger partial charge on any atom is -0.298 e. The topological polar surface area (TPSA) is 101 Å². The number of benzene rings is 1. The van der Waals surface area contributed by atoms with Crippen LogP contribution in [-0.4, -0.2) is 16.5 Å². The highest BCUT2D eigenvalue weighted by atomic mass is 35.5. The number of nitrogens with zero attached hydrogens (tertiary/aromatic N) is 2. The van der Waals surface area contributed by atoms with Crippen LogP contribution in [0.4, 0.5) is 5.69 Å². The van der Waals surface area contributed by atoms with E-state index in [0.29, 0.717) is 0 Å². The predicted octanol–water partition coefficient (Wildman–Crippen LogP) is 1.66. The van der Waals surface area contributed by atoms with Gasteiger partial charge in [-0.2, -0.15) is 5.26 Å². The molecule has 0 saturated carbocycles. The van der Waals surface area contributed by atoms with E-state index in [2.05, 4.69) is 0 Å². The molecule has 0 amide bonds. The zero-order chi connectivity index (χ0) is 12.3. The molecule has 1 rings (SSSR count). The summed E-state index contributed by atoms with van der Waals surface area (Å²) in [6.45, 7) is 0. The van der Waals surface area contributed by atoms with E-state index in [1.807, 2.05) is 0 Å². The van der Waals surface area contributed by atoms with Gasteiger partial charge in [-0.3, -0.25) is 19.7 Å². The number of hydrogen-bond donors (Lipinski definition) is 0. The number of aldehydes is 1. The van der Waals surface area contributed by atoms with Gasteiger partial charge in [0.15, 0.2) is 6.29 Å². The first-order chi connectivity index (χ1) is 7.51. The van der Waals surface area contributed by atoms with E-state index in [1.165, 1.54) is 0 Å². The highest BCUT2D eigenvalue weighted by molar-refractivity contribution is 6.68. The Kier molecular flexibility index (Phi) is 3.33. The average Bonchev–Trinajstić information content (AvgIpc) is 2.26. The molecule has 1 aromatic rings. The highest BCUT2D eigenvalue weighted by Gasteiger charge is 2.20. The number of carbonyl (C=O) groups is 2. The Hall–Kier alpha value is -2.26. The average molecular weight is 239 g/mol. The third-order valence-corrected chi connectivity index (χ3v) is 2.00. The summed E-state index contributed by atoms with van der Waals surface area (Å²) in [4.78, 5) is 31.3. The second-order valence-electron chi connectivity index (χ2n) is 2.72. The van der Waals surface area contributed by atoms with Crippen molar-refractivity contribution in [3.05, 3.63) is 38.9 Å². The quantitative estimate of drug-likeness (QED) is 0.345. The van der Waals surface area contributed by atoms with Crippen LogP contribution in [-0.2, 0) is 0 Å². The molecule has 0 aromatic heterocycles. The van der Waals surface area contributed by atoms with E-state index in [1.54, 1.807) is 6.07 Å². The first-order valence-electron chi connectivity index (χ1n) is 3.88. The van der Waals surface area contributed by atoms with E-state index in [0.717, 1.165) is 12.1 Å². The fourth-order valence-corrected chi connectivity index (χ4v) is 1.37. The number of rotatable bonds is 3. The summed E-state index contributed by atoms with van der Waals surface area (Å²) >= 11 is 5.18. The summed E-state index contributed by atoms with van der Waals surface area (Å²) in [7, 11) is 0. The van der Waals surface area contributed by atoms with Crippen LogP contribution in [0.25, 0.3) is 0 Å². The SMILES string of the molecule is N#Cc1cc([N+](=O)[O-])cc(C=O)c1C(=O)Cl. The van der Waals surface area contributed by atoms with Crippen molar-refractivity contribution in [3.8, 4) is 6.07 Å². The number of nitriles is 1. The van der Waals surface area contributed by atoms with Gasteiger partial charge in [0.2, 0.25) is 0 Å². The molecule has 0 saturated heterocycles. The van der Waals surface area contributed by atoms with Crippen LogP contribution in [0.1, 0.15) is 26.3 Å². The molecule has 1 aromatic carbocycles. The molecule has 7 heteroatoms. The lowest BCUT2D eigenvalue weighted by molar-refractivity contribution is -0.384. The Morgan fingerprint density at radius 2 is 2.19 bits per heavy atom. The second kappa shape index (κ2) is 4.51. The monoisotopic (exact) mass is 238 g/mol. The normalized spacial score (nSPS) is 9.25. The molecule has 0 unspecified atom stereocenters. The number of hydrogen-bond acceptors (Lipinski definition) is 5. The van der Waals surface area contributed by atoms with Crippen molar-refractivity contribution in [3.63, 3.8) is 0 Å². The summed E-state index contributed by atoms with van der Waals surface area (Å²) in [5.74, 6) is 0. The Labute approximate surface area is 94.2 Å². The number of halogens is 1. The zero-order valence-corrected chi connectivity index (χ0v) is 8.39. The van der Waals surface area contributed by atoms with E-state index >= 15 is 0 Å². The number of non-ortho nitro benzene ring substituents is 1. The first-order valence-corrected chi connectivity index (χ1v) is 4.26. The summed E-state index contributed by atoms with van der Waals surface area (Å²) in [5.41, 5.74) is -1.33. The first kappa shape index (κ1) is 11.8. The van der Waals surface area contributed by atoms with Gasteiger partial charge < -0.3 is 0 Å². The second-order valence-corrected chi connectivity index (χ2v) is 3.06. The van der Waals surface area contributed by atoms with Crippen LogP contribution in [0.3, 0.4) is 0 Å². The standard InChI is InChI=1S/C9H3ClN2O4/c10-9(14)8-5(3-11)1-7(12(15)16)2-6(8)4-13/h1-2,4H. The van der Waals surface area contributed by atoms with Gasteiger partial charge in [0, 0.05) is 17.7 Å². The van der Waals surface area contributed by atoms with Crippen LogP contribution in [0, 0.1) is 21.4 Å². The molecule has 0 radical (unpaired) electrons. The lowest BCUT2D eigenvalue weighted by Crippen LogP contribution is -2.03. The molecule has 0 aliphatic carbocycles. The van der Waals surface area contributed by atoms with E-state index in [4.69, 9.17) is 16.9 Å². The van der Waals surface area contributed by atoms with Crippen molar-refractivity contribution < 1.29 is 14.5 Å². The molecule has 0 aliphatic rings. The summed E-state index contributed by atoms with van der Waals surface area (Å²) in [6.07, 6.45) is 0.240. The third-order valence-electron chi connectivity index (χ3n) is 1.81. The summed E-state index contributed by atoms with van der Waals surface area (Å²) < 4.78 is 0. The van der Waals surface area contributed by atoms with Crippen molar-refractivity contribution >= 4 is 28.8 Å². The fraction of sp³-hybridized carbons (Fsp3) is 0. The van der Waals surface area contributed by atoms with Crippen LogP contribution in [0.15, 0.2) is 12.1 Å². The molecule has 0 fully saturated rings. The third kappa shape index (κ3) is 2.04. The Balaban J connectivity index is 3.63. The maximum atomic E-state index is 11.0. The van der Waals surface area contributed by atoms with Gasteiger partial charge in [-0.1, -0.05) is 0 Å². The Morgan fingerprint density at radius 1 is 1.56 bits per heavy atom. The predicted molar refractivity (Wildman–Crippen MR) is 53.4 cm³/mol. The van der Waals surface area contributed by atoms with Gasteiger partial charge in [0.05, 0.1) is 16.1 Å². The van der Waals surface area contributed by atoms with Gasteiger partial charge in [-0.25, -0.2) is 0 Å². The van der Waals surface area contributed by atoms with Crippen LogP contribution >= 0.6 is 11.6 Å². The van der Waals surface area contributed by atoms with Gasteiger partial charge in [-0.05, 0) is 11.6 Å². The molecular weight excluding hydrogens is 236 g/mol. The molecular formula is C9H3ClN2O4. The fourth-order valence-electron chi connectivity index (χ4n) is 1.15. The van der Waals surface area contributed by atoms with E-state index in [9.17, 15) is 19.7 Å². The van der Waals surface area contributed by atoms with Crippen molar-refractivity contribution in [2.24, 2.45) is 0 Å². The van der Waals surface area contributed by atoms with E-state index < -0.39 is 15.9 Å². The number of nitro groups is 1. The van der Waals surface area contributed by atoms with Gasteiger partial charge in [0.1, 0.15) is 6.07 Å². The lowest BCUT2D eigenvalue weighted by Gasteiger charge is -2.01. The van der Waals surface area contributed by atoms with Crippen molar-refractivity contribution in [2.45, 2.75) is 0 Å². The molecule has 6 nitrogen and oxygen atoms in total. The minimum absolute atomic E-state index is 0.240. The molecule has 0 atom stereocenters. The molecule has 0 aliphatic heterocycles. The highest BCUT2D eigenvalue weighted by Crippen LogP contribution is 2.22. The minimum atomic E-state index is -1.01. The molecule has 0 N–H and O–H groups in total. The van der Waals surface area contributed by atoms with Crippen molar-refractivity contribution in [1.29, 1.82) is 5.26 Å². The Morgan fingerprint density at radius 3 is 2.56 bits per heavy atom. The van der Waals surface area contributed by atoms with Gasteiger partial charge >= 0.3 is 0 Å². The van der Waals surface area contributed by atoms with Crippen molar-refractivity contribution in [1.82, 2.24) is 0 Å². The maximum absolute atomic E-state index is 11.0. The molecule has 16 heavy (non-hydrogen) atoms. The molecule has 80 valence electrons. The summed E-state index contributed by atoms with van der Waals surface area (Å²) in [5, 5.41) is 18.2.